The van der Waals surface area contributed by atoms with Crippen LogP contribution >= 0.6 is 0 Å². The summed E-state index contributed by atoms with van der Waals surface area (Å²) in [5, 5.41) is 2.91. The molecule has 0 aliphatic carbocycles. The molecule has 26 heavy (non-hydrogen) atoms. The number of rotatable bonds is 10. The summed E-state index contributed by atoms with van der Waals surface area (Å²) < 4.78 is 16.4. The van der Waals surface area contributed by atoms with Crippen molar-refractivity contribution in [2.75, 3.05) is 53.1 Å². The maximum atomic E-state index is 12.0. The first-order chi connectivity index (χ1) is 12.7. The summed E-state index contributed by atoms with van der Waals surface area (Å²) in [6, 6.07) is 5.67. The quantitative estimate of drug-likeness (QED) is 0.511. The average molecular weight is 362 g/mol. The summed E-state index contributed by atoms with van der Waals surface area (Å²) in [5.41, 5.74) is 0.896. The largest absolute Gasteiger partial charge is 0.493 e. The van der Waals surface area contributed by atoms with Crippen LogP contribution in [0.25, 0.3) is 6.08 Å². The molecule has 1 aliphatic rings. The molecule has 1 fully saturated rings. The lowest BCUT2D eigenvalue weighted by Crippen LogP contribution is -2.41. The van der Waals surface area contributed by atoms with Gasteiger partial charge in [-0.25, -0.2) is 0 Å². The monoisotopic (exact) mass is 362 g/mol. The lowest BCUT2D eigenvalue weighted by molar-refractivity contribution is -0.116. The van der Waals surface area contributed by atoms with Crippen molar-refractivity contribution in [2.24, 2.45) is 0 Å². The first-order valence-electron chi connectivity index (χ1n) is 9.29. The molecule has 0 aromatic heterocycles. The number of carbonyl (C=O) groups is 1. The predicted octanol–water partition coefficient (Wildman–Crippen LogP) is 2.34. The number of hydrogen-bond donors (Lipinski definition) is 1. The summed E-state index contributed by atoms with van der Waals surface area (Å²) >= 11 is 0. The van der Waals surface area contributed by atoms with Gasteiger partial charge < -0.3 is 19.5 Å². The standard InChI is InChI=1S/C20H30N2O4/c1-3-4-13-26-18-7-5-17(16-19(18)24-2)6-8-20(23)21-9-10-22-11-14-25-15-12-22/h5-8,16H,3-4,9-15H2,1-2H3,(H,21,23). The summed E-state index contributed by atoms with van der Waals surface area (Å²) in [7, 11) is 1.62. The normalized spacial score (nSPS) is 15.2. The van der Waals surface area contributed by atoms with E-state index in [2.05, 4.69) is 17.1 Å². The Labute approximate surface area is 156 Å². The smallest absolute Gasteiger partial charge is 0.244 e. The number of ether oxygens (including phenoxy) is 3. The molecule has 1 aliphatic heterocycles. The van der Waals surface area contributed by atoms with Gasteiger partial charge in [0.25, 0.3) is 0 Å². The van der Waals surface area contributed by atoms with Gasteiger partial charge in [-0.3, -0.25) is 9.69 Å². The van der Waals surface area contributed by atoms with Gasteiger partial charge in [0, 0.05) is 32.3 Å². The molecule has 1 saturated heterocycles. The molecular weight excluding hydrogens is 332 g/mol. The van der Waals surface area contributed by atoms with Crippen LogP contribution in [0, 0.1) is 0 Å². The van der Waals surface area contributed by atoms with Crippen LogP contribution < -0.4 is 14.8 Å². The highest BCUT2D eigenvalue weighted by Crippen LogP contribution is 2.28. The number of methoxy groups -OCH3 is 1. The van der Waals surface area contributed by atoms with Gasteiger partial charge in [-0.15, -0.1) is 0 Å². The van der Waals surface area contributed by atoms with E-state index in [9.17, 15) is 4.79 Å². The minimum Gasteiger partial charge on any atom is -0.493 e. The van der Waals surface area contributed by atoms with E-state index >= 15 is 0 Å². The molecule has 1 heterocycles. The molecule has 0 bridgehead atoms. The number of carbonyl (C=O) groups excluding carboxylic acids is 1. The molecule has 0 spiro atoms. The van der Waals surface area contributed by atoms with E-state index in [1.165, 1.54) is 0 Å². The molecule has 144 valence electrons. The van der Waals surface area contributed by atoms with Gasteiger partial charge in [0.2, 0.25) is 5.91 Å². The summed E-state index contributed by atoms with van der Waals surface area (Å²) in [6.07, 6.45) is 5.42. The predicted molar refractivity (Wildman–Crippen MR) is 103 cm³/mol. The Hall–Kier alpha value is -2.05. The minimum absolute atomic E-state index is 0.0968. The number of hydrogen-bond acceptors (Lipinski definition) is 5. The number of nitrogens with zero attached hydrogens (tertiary/aromatic N) is 1. The van der Waals surface area contributed by atoms with Gasteiger partial charge in [-0.05, 0) is 30.2 Å². The lowest BCUT2D eigenvalue weighted by atomic mass is 10.2. The number of nitrogens with one attached hydrogen (secondary N) is 1. The summed E-state index contributed by atoms with van der Waals surface area (Å²) in [6.45, 7) is 7.68. The fraction of sp³-hybridized carbons (Fsp3) is 0.550. The second-order valence-electron chi connectivity index (χ2n) is 6.19. The maximum Gasteiger partial charge on any atom is 0.244 e. The first-order valence-corrected chi connectivity index (χ1v) is 9.29. The van der Waals surface area contributed by atoms with E-state index in [0.717, 1.165) is 57.0 Å². The Bertz CT molecular complexity index is 583. The van der Waals surface area contributed by atoms with E-state index in [1.54, 1.807) is 19.3 Å². The van der Waals surface area contributed by atoms with Crippen molar-refractivity contribution >= 4 is 12.0 Å². The Kier molecular flexibility index (Phi) is 9.00. The molecule has 0 radical (unpaired) electrons. The Morgan fingerprint density at radius 2 is 2.12 bits per heavy atom. The molecule has 1 amide bonds. The Balaban J connectivity index is 1.79. The molecular formula is C20H30N2O4. The third-order valence-corrected chi connectivity index (χ3v) is 4.20. The van der Waals surface area contributed by atoms with E-state index in [4.69, 9.17) is 14.2 Å². The zero-order chi connectivity index (χ0) is 18.6. The van der Waals surface area contributed by atoms with Gasteiger partial charge in [-0.2, -0.15) is 0 Å². The Morgan fingerprint density at radius 3 is 2.85 bits per heavy atom. The topological polar surface area (TPSA) is 60.0 Å². The van der Waals surface area contributed by atoms with Gasteiger partial charge in [-0.1, -0.05) is 19.4 Å². The van der Waals surface area contributed by atoms with Crippen LogP contribution in [0.2, 0.25) is 0 Å². The van der Waals surface area contributed by atoms with Crippen molar-refractivity contribution < 1.29 is 19.0 Å². The van der Waals surface area contributed by atoms with Crippen molar-refractivity contribution in [1.29, 1.82) is 0 Å². The van der Waals surface area contributed by atoms with E-state index in [-0.39, 0.29) is 5.91 Å². The van der Waals surface area contributed by atoms with Gasteiger partial charge in [0.15, 0.2) is 11.5 Å². The Morgan fingerprint density at radius 1 is 1.31 bits per heavy atom. The van der Waals surface area contributed by atoms with Crippen LogP contribution in [0.5, 0.6) is 11.5 Å². The van der Waals surface area contributed by atoms with Crippen molar-refractivity contribution in [3.63, 3.8) is 0 Å². The third-order valence-electron chi connectivity index (χ3n) is 4.20. The molecule has 1 aromatic rings. The van der Waals surface area contributed by atoms with Crippen LogP contribution in [0.15, 0.2) is 24.3 Å². The highest BCUT2D eigenvalue weighted by Gasteiger charge is 2.09. The second kappa shape index (κ2) is 11.5. The van der Waals surface area contributed by atoms with Crippen LogP contribution in [0.1, 0.15) is 25.3 Å². The number of morpholine rings is 1. The average Bonchev–Trinajstić information content (AvgIpc) is 2.68. The summed E-state index contributed by atoms with van der Waals surface area (Å²) in [4.78, 5) is 14.2. The number of unbranched alkanes of at least 4 members (excludes halogenated alkanes) is 1. The minimum atomic E-state index is -0.0968. The van der Waals surface area contributed by atoms with Gasteiger partial charge in [0.05, 0.1) is 26.9 Å². The summed E-state index contributed by atoms with van der Waals surface area (Å²) in [5.74, 6) is 1.31. The molecule has 0 unspecified atom stereocenters. The molecule has 6 nitrogen and oxygen atoms in total. The third kappa shape index (κ3) is 7.06. The van der Waals surface area contributed by atoms with Crippen LogP contribution in [-0.2, 0) is 9.53 Å². The van der Waals surface area contributed by atoms with Crippen LogP contribution in [0.3, 0.4) is 0 Å². The zero-order valence-electron chi connectivity index (χ0n) is 15.8. The molecule has 0 saturated carbocycles. The van der Waals surface area contributed by atoms with Gasteiger partial charge >= 0.3 is 0 Å². The molecule has 1 aromatic carbocycles. The number of benzene rings is 1. The molecule has 6 heteroatoms. The van der Waals surface area contributed by atoms with E-state index in [0.29, 0.717) is 18.9 Å². The van der Waals surface area contributed by atoms with Crippen molar-refractivity contribution in [3.8, 4) is 11.5 Å². The van der Waals surface area contributed by atoms with Crippen LogP contribution in [0.4, 0.5) is 0 Å². The molecule has 0 atom stereocenters. The van der Waals surface area contributed by atoms with Crippen molar-refractivity contribution in [2.45, 2.75) is 19.8 Å². The van der Waals surface area contributed by atoms with Crippen LogP contribution in [-0.4, -0.2) is 63.9 Å². The highest BCUT2D eigenvalue weighted by atomic mass is 16.5. The first kappa shape index (κ1) is 20.3. The lowest BCUT2D eigenvalue weighted by Gasteiger charge is -2.26. The number of amides is 1. The van der Waals surface area contributed by atoms with Crippen molar-refractivity contribution in [3.05, 3.63) is 29.8 Å². The fourth-order valence-electron chi connectivity index (χ4n) is 2.63. The SMILES string of the molecule is CCCCOc1ccc(C=CC(=O)NCCN2CCOCC2)cc1OC. The van der Waals surface area contributed by atoms with Crippen molar-refractivity contribution in [1.82, 2.24) is 10.2 Å². The maximum absolute atomic E-state index is 12.0. The van der Waals surface area contributed by atoms with Gasteiger partial charge in [0.1, 0.15) is 0 Å². The molecule has 2 rings (SSSR count). The fourth-order valence-corrected chi connectivity index (χ4v) is 2.63. The van der Waals surface area contributed by atoms with E-state index in [1.807, 2.05) is 18.2 Å². The van der Waals surface area contributed by atoms with E-state index < -0.39 is 0 Å². The second-order valence-corrected chi connectivity index (χ2v) is 6.19. The molecule has 1 N–H and O–H groups in total. The zero-order valence-corrected chi connectivity index (χ0v) is 15.8. The highest BCUT2D eigenvalue weighted by molar-refractivity contribution is 5.91.